The number of nitrogens with zero attached hydrogens (tertiary/aromatic N) is 1. The number of hydrogen-bond donors (Lipinski definition) is 2. The highest BCUT2D eigenvalue weighted by Crippen LogP contribution is 2.29. The van der Waals surface area contributed by atoms with Crippen molar-refractivity contribution in [2.45, 2.75) is 0 Å². The van der Waals surface area contributed by atoms with Gasteiger partial charge in [0.2, 0.25) is 0 Å². The quantitative estimate of drug-likeness (QED) is 0.471. The average Bonchev–Trinajstić information content (AvgIpc) is 2.65. The van der Waals surface area contributed by atoms with Crippen molar-refractivity contribution in [3.8, 4) is 11.5 Å². The summed E-state index contributed by atoms with van der Waals surface area (Å²) >= 11 is 0. The van der Waals surface area contributed by atoms with Gasteiger partial charge in [-0.1, -0.05) is 0 Å². The fraction of sp³-hybridized carbons (Fsp3) is 0. The van der Waals surface area contributed by atoms with Gasteiger partial charge in [0, 0.05) is 23.5 Å². The van der Waals surface area contributed by atoms with Crippen LogP contribution in [0.5, 0.6) is 11.5 Å². The van der Waals surface area contributed by atoms with Crippen LogP contribution in [0, 0.1) is 15.9 Å². The molecular weight excluding hydrogens is 355 g/mol. The number of carbonyl (C=O) groups is 1. The van der Waals surface area contributed by atoms with Gasteiger partial charge in [-0.05, 0) is 54.6 Å². The number of aromatic carboxylic acids is 1. The van der Waals surface area contributed by atoms with Gasteiger partial charge in [0.1, 0.15) is 22.9 Å². The molecule has 0 fully saturated rings. The normalized spacial score (nSPS) is 10.3. The Kier molecular flexibility index (Phi) is 4.98. The van der Waals surface area contributed by atoms with Gasteiger partial charge in [-0.15, -0.1) is 0 Å². The number of carboxylic acid groups (broad SMARTS) is 1. The van der Waals surface area contributed by atoms with Gasteiger partial charge in [0.05, 0.1) is 4.92 Å². The van der Waals surface area contributed by atoms with Crippen molar-refractivity contribution >= 4 is 23.0 Å². The Morgan fingerprint density at radius 2 is 1.52 bits per heavy atom. The second-order valence-corrected chi connectivity index (χ2v) is 5.50. The van der Waals surface area contributed by atoms with Crippen LogP contribution >= 0.6 is 0 Å². The van der Waals surface area contributed by atoms with Crippen LogP contribution in [0.3, 0.4) is 0 Å². The van der Waals surface area contributed by atoms with Crippen LogP contribution in [0.15, 0.2) is 66.7 Å². The topological polar surface area (TPSA) is 102 Å². The molecule has 136 valence electrons. The third-order valence-corrected chi connectivity index (χ3v) is 3.62. The maximum Gasteiger partial charge on any atom is 0.342 e. The van der Waals surface area contributed by atoms with Crippen LogP contribution in [0.4, 0.5) is 21.5 Å². The molecule has 0 amide bonds. The molecule has 0 spiro atoms. The lowest BCUT2D eigenvalue weighted by atomic mass is 10.1. The molecule has 0 bridgehead atoms. The van der Waals surface area contributed by atoms with E-state index in [0.717, 1.165) is 17.8 Å². The molecular formula is C19H13FN2O5. The van der Waals surface area contributed by atoms with Crippen LogP contribution in [-0.2, 0) is 0 Å². The van der Waals surface area contributed by atoms with Crippen LogP contribution in [0.2, 0.25) is 0 Å². The smallest absolute Gasteiger partial charge is 0.342 e. The van der Waals surface area contributed by atoms with Crippen molar-refractivity contribution in [2.75, 3.05) is 5.32 Å². The lowest BCUT2D eigenvalue weighted by Gasteiger charge is -2.09. The first-order valence-corrected chi connectivity index (χ1v) is 7.74. The number of nitrogens with one attached hydrogen (secondary N) is 1. The van der Waals surface area contributed by atoms with E-state index in [9.17, 15) is 19.3 Å². The average molecular weight is 368 g/mol. The highest BCUT2D eigenvalue weighted by molar-refractivity contribution is 5.92. The highest BCUT2D eigenvalue weighted by Gasteiger charge is 2.20. The number of hydrogen-bond acceptors (Lipinski definition) is 5. The fourth-order valence-corrected chi connectivity index (χ4v) is 2.35. The standard InChI is InChI=1S/C19H13FN2O5/c20-12-1-3-13(4-2-12)21-14-5-7-15(8-6-14)27-16-9-10-18(22(25)26)17(11-16)19(23)24/h1-11,21H,(H,23,24). The lowest BCUT2D eigenvalue weighted by Crippen LogP contribution is -2.02. The van der Waals surface area contributed by atoms with Crippen LogP contribution in [0.1, 0.15) is 10.4 Å². The molecule has 3 aromatic rings. The summed E-state index contributed by atoms with van der Waals surface area (Å²) in [5.41, 5.74) is 0.496. The Morgan fingerprint density at radius 3 is 2.07 bits per heavy atom. The third-order valence-electron chi connectivity index (χ3n) is 3.62. The van der Waals surface area contributed by atoms with Gasteiger partial charge in [-0.3, -0.25) is 10.1 Å². The minimum Gasteiger partial charge on any atom is -0.477 e. The van der Waals surface area contributed by atoms with Gasteiger partial charge < -0.3 is 15.2 Å². The molecule has 0 unspecified atom stereocenters. The highest BCUT2D eigenvalue weighted by atomic mass is 19.1. The minimum absolute atomic E-state index is 0.164. The molecule has 3 aromatic carbocycles. The van der Waals surface area contributed by atoms with E-state index in [-0.39, 0.29) is 11.6 Å². The summed E-state index contributed by atoms with van der Waals surface area (Å²) in [4.78, 5) is 21.3. The molecule has 8 heteroatoms. The minimum atomic E-state index is -1.41. The summed E-state index contributed by atoms with van der Waals surface area (Å²) in [6, 6.07) is 16.1. The van der Waals surface area contributed by atoms with Gasteiger partial charge in [-0.25, -0.2) is 9.18 Å². The molecule has 0 aromatic heterocycles. The van der Waals surface area contributed by atoms with Gasteiger partial charge in [0.25, 0.3) is 5.69 Å². The summed E-state index contributed by atoms with van der Waals surface area (Å²) in [5.74, 6) is -1.15. The van der Waals surface area contributed by atoms with E-state index >= 15 is 0 Å². The zero-order chi connectivity index (χ0) is 19.4. The summed E-state index contributed by atoms with van der Waals surface area (Å²) in [5, 5.41) is 23.1. The number of rotatable bonds is 6. The number of halogens is 1. The Balaban J connectivity index is 1.74. The predicted octanol–water partition coefficient (Wildman–Crippen LogP) is 4.97. The Hall–Kier alpha value is -3.94. The van der Waals surface area contributed by atoms with Crippen molar-refractivity contribution in [1.82, 2.24) is 0 Å². The van der Waals surface area contributed by atoms with E-state index in [1.54, 1.807) is 36.4 Å². The van der Waals surface area contributed by atoms with Crippen molar-refractivity contribution in [2.24, 2.45) is 0 Å². The fourth-order valence-electron chi connectivity index (χ4n) is 2.35. The van der Waals surface area contributed by atoms with Gasteiger partial charge >= 0.3 is 5.97 Å². The maximum atomic E-state index is 12.9. The summed E-state index contributed by atoms with van der Waals surface area (Å²) in [7, 11) is 0. The van der Waals surface area contributed by atoms with E-state index in [1.165, 1.54) is 18.2 Å². The van der Waals surface area contributed by atoms with Gasteiger partial charge in [-0.2, -0.15) is 0 Å². The van der Waals surface area contributed by atoms with Crippen LogP contribution < -0.4 is 10.1 Å². The third kappa shape index (κ3) is 4.37. The number of carboxylic acids is 1. The zero-order valence-corrected chi connectivity index (χ0v) is 13.8. The first-order chi connectivity index (χ1) is 12.9. The van der Waals surface area contributed by atoms with Crippen LogP contribution in [-0.4, -0.2) is 16.0 Å². The number of nitro benzene ring substituents is 1. The molecule has 0 saturated carbocycles. The lowest BCUT2D eigenvalue weighted by molar-refractivity contribution is -0.385. The second kappa shape index (κ2) is 7.52. The molecule has 3 rings (SSSR count). The molecule has 0 aliphatic carbocycles. The SMILES string of the molecule is O=C(O)c1cc(Oc2ccc(Nc3ccc(F)cc3)cc2)ccc1[N+](=O)[O-]. The summed E-state index contributed by atoms with van der Waals surface area (Å²) < 4.78 is 18.5. The van der Waals surface area contributed by atoms with Crippen molar-refractivity contribution in [3.05, 3.63) is 88.2 Å². The van der Waals surface area contributed by atoms with Crippen molar-refractivity contribution in [1.29, 1.82) is 0 Å². The predicted molar refractivity (Wildman–Crippen MR) is 96.3 cm³/mol. The van der Waals surface area contributed by atoms with E-state index in [1.807, 2.05) is 0 Å². The van der Waals surface area contributed by atoms with E-state index < -0.39 is 22.1 Å². The summed E-state index contributed by atoms with van der Waals surface area (Å²) in [6.45, 7) is 0. The number of nitro groups is 1. The molecule has 0 heterocycles. The molecule has 0 atom stereocenters. The molecule has 0 aliphatic rings. The molecule has 0 aliphatic heterocycles. The van der Waals surface area contributed by atoms with Crippen molar-refractivity contribution < 1.29 is 24.0 Å². The monoisotopic (exact) mass is 368 g/mol. The summed E-state index contributed by atoms with van der Waals surface area (Å²) in [6.07, 6.45) is 0. The van der Waals surface area contributed by atoms with Crippen LogP contribution in [0.25, 0.3) is 0 Å². The Labute approximate surface area is 152 Å². The zero-order valence-electron chi connectivity index (χ0n) is 13.8. The molecule has 2 N–H and O–H groups in total. The van der Waals surface area contributed by atoms with E-state index in [4.69, 9.17) is 9.84 Å². The molecule has 0 radical (unpaired) electrons. The number of anilines is 2. The molecule has 0 saturated heterocycles. The largest absolute Gasteiger partial charge is 0.477 e. The Bertz CT molecular complexity index is 988. The number of ether oxygens (including phenoxy) is 1. The first-order valence-electron chi connectivity index (χ1n) is 7.74. The maximum absolute atomic E-state index is 12.9. The number of benzene rings is 3. The van der Waals surface area contributed by atoms with Gasteiger partial charge in [0.15, 0.2) is 0 Å². The Morgan fingerprint density at radius 1 is 0.963 bits per heavy atom. The molecule has 7 nitrogen and oxygen atoms in total. The second-order valence-electron chi connectivity index (χ2n) is 5.50. The van der Waals surface area contributed by atoms with Crippen molar-refractivity contribution in [3.63, 3.8) is 0 Å². The van der Waals surface area contributed by atoms with E-state index in [0.29, 0.717) is 11.4 Å². The van der Waals surface area contributed by atoms with E-state index in [2.05, 4.69) is 5.32 Å². The molecule has 27 heavy (non-hydrogen) atoms. The first kappa shape index (κ1) is 17.9.